The SMILES string of the molecule is O=C(NC/C(Br)=C/Br)C(F)(F)F. The van der Waals surface area contributed by atoms with Crippen molar-refractivity contribution in [1.82, 2.24) is 5.32 Å². The molecular formula is C5H4Br2F3NO. The summed E-state index contributed by atoms with van der Waals surface area (Å²) < 4.78 is 35.1. The van der Waals surface area contributed by atoms with Crippen molar-refractivity contribution in [3.63, 3.8) is 0 Å². The Morgan fingerprint density at radius 2 is 2.00 bits per heavy atom. The first-order chi connectivity index (χ1) is 5.38. The number of nitrogens with one attached hydrogen (secondary N) is 1. The van der Waals surface area contributed by atoms with Crippen molar-refractivity contribution < 1.29 is 18.0 Å². The van der Waals surface area contributed by atoms with E-state index in [1.165, 1.54) is 4.99 Å². The molecule has 0 atom stereocenters. The second-order valence-corrected chi connectivity index (χ2v) is 3.21. The summed E-state index contributed by atoms with van der Waals surface area (Å²) in [6, 6.07) is 0. The zero-order chi connectivity index (χ0) is 9.78. The van der Waals surface area contributed by atoms with Crippen LogP contribution in [0.25, 0.3) is 0 Å². The topological polar surface area (TPSA) is 29.1 Å². The number of carbonyl (C=O) groups excluding carboxylic acids is 1. The van der Waals surface area contributed by atoms with Crippen LogP contribution in [0, 0.1) is 0 Å². The van der Waals surface area contributed by atoms with Gasteiger partial charge in [0.25, 0.3) is 0 Å². The van der Waals surface area contributed by atoms with Gasteiger partial charge < -0.3 is 5.32 Å². The number of alkyl halides is 3. The smallest absolute Gasteiger partial charge is 0.344 e. The summed E-state index contributed by atoms with van der Waals surface area (Å²) in [5.41, 5.74) is 0. The Labute approximate surface area is 83.5 Å². The Morgan fingerprint density at radius 1 is 1.50 bits per heavy atom. The number of carbonyl (C=O) groups is 1. The molecule has 0 heterocycles. The second kappa shape index (κ2) is 4.86. The van der Waals surface area contributed by atoms with E-state index in [2.05, 4.69) is 31.9 Å². The molecule has 12 heavy (non-hydrogen) atoms. The molecule has 0 unspecified atom stereocenters. The summed E-state index contributed by atoms with van der Waals surface area (Å²) in [4.78, 5) is 11.6. The van der Waals surface area contributed by atoms with E-state index in [-0.39, 0.29) is 6.54 Å². The third kappa shape index (κ3) is 4.76. The van der Waals surface area contributed by atoms with Gasteiger partial charge in [-0.3, -0.25) is 4.79 Å². The molecule has 2 nitrogen and oxygen atoms in total. The lowest BCUT2D eigenvalue weighted by Crippen LogP contribution is -2.37. The summed E-state index contributed by atoms with van der Waals surface area (Å²) >= 11 is 5.78. The number of hydrogen-bond acceptors (Lipinski definition) is 1. The Morgan fingerprint density at radius 3 is 2.33 bits per heavy atom. The largest absolute Gasteiger partial charge is 0.471 e. The number of amides is 1. The van der Waals surface area contributed by atoms with Gasteiger partial charge in [-0.2, -0.15) is 13.2 Å². The first-order valence-electron chi connectivity index (χ1n) is 2.67. The molecule has 70 valence electrons. The van der Waals surface area contributed by atoms with Crippen molar-refractivity contribution in [2.45, 2.75) is 6.18 Å². The molecule has 0 spiro atoms. The van der Waals surface area contributed by atoms with Gasteiger partial charge in [0.05, 0.1) is 6.54 Å². The minimum atomic E-state index is -4.82. The maximum absolute atomic E-state index is 11.5. The molecule has 0 saturated heterocycles. The Balaban J connectivity index is 3.89. The molecule has 0 fully saturated rings. The highest BCUT2D eigenvalue weighted by Gasteiger charge is 2.38. The molecule has 0 aromatic heterocycles. The highest BCUT2D eigenvalue weighted by atomic mass is 79.9. The third-order valence-electron chi connectivity index (χ3n) is 0.794. The predicted octanol–water partition coefficient (Wildman–Crippen LogP) is 2.30. The van der Waals surface area contributed by atoms with Crippen LogP contribution < -0.4 is 5.32 Å². The maximum Gasteiger partial charge on any atom is 0.471 e. The van der Waals surface area contributed by atoms with E-state index in [9.17, 15) is 18.0 Å². The van der Waals surface area contributed by atoms with Crippen molar-refractivity contribution >= 4 is 37.8 Å². The molecule has 0 aromatic rings. The molecular weight excluding hydrogens is 307 g/mol. The van der Waals surface area contributed by atoms with Gasteiger partial charge in [0, 0.05) is 4.48 Å². The second-order valence-electron chi connectivity index (χ2n) is 1.74. The lowest BCUT2D eigenvalue weighted by atomic mass is 10.5. The van der Waals surface area contributed by atoms with Gasteiger partial charge in [-0.1, -0.05) is 31.9 Å². The van der Waals surface area contributed by atoms with Crippen LogP contribution in [0.4, 0.5) is 13.2 Å². The van der Waals surface area contributed by atoms with Gasteiger partial charge in [0.15, 0.2) is 0 Å². The van der Waals surface area contributed by atoms with E-state index in [1.807, 2.05) is 0 Å². The molecule has 0 aliphatic carbocycles. The van der Waals surface area contributed by atoms with E-state index in [1.54, 1.807) is 5.32 Å². The number of hydrogen-bond donors (Lipinski definition) is 1. The van der Waals surface area contributed by atoms with E-state index >= 15 is 0 Å². The molecule has 0 bridgehead atoms. The first-order valence-corrected chi connectivity index (χ1v) is 4.38. The van der Waals surface area contributed by atoms with Gasteiger partial charge in [0.1, 0.15) is 0 Å². The van der Waals surface area contributed by atoms with Crippen molar-refractivity contribution in [3.8, 4) is 0 Å². The summed E-state index contributed by atoms with van der Waals surface area (Å²) in [5.74, 6) is -1.95. The Hall–Kier alpha value is -0.0400. The lowest BCUT2D eigenvalue weighted by molar-refractivity contribution is -0.173. The molecule has 0 aromatic carbocycles. The minimum absolute atomic E-state index is 0.191. The van der Waals surface area contributed by atoms with E-state index < -0.39 is 12.1 Å². The van der Waals surface area contributed by atoms with Crippen LogP contribution in [0.5, 0.6) is 0 Å². The molecule has 1 N–H and O–H groups in total. The average molecular weight is 311 g/mol. The van der Waals surface area contributed by atoms with E-state index in [0.29, 0.717) is 4.48 Å². The van der Waals surface area contributed by atoms with Crippen LogP contribution in [0.15, 0.2) is 9.47 Å². The van der Waals surface area contributed by atoms with Crippen molar-refractivity contribution in [1.29, 1.82) is 0 Å². The monoisotopic (exact) mass is 309 g/mol. The minimum Gasteiger partial charge on any atom is -0.344 e. The summed E-state index contributed by atoms with van der Waals surface area (Å²) in [6.45, 7) is -0.191. The van der Waals surface area contributed by atoms with Gasteiger partial charge in [-0.05, 0) is 4.99 Å². The Bertz CT molecular complexity index is 201. The standard InChI is InChI=1S/C5H4Br2F3NO/c6-1-3(7)2-11-4(12)5(8,9)10/h1H,2H2,(H,11,12)/b3-1-. The van der Waals surface area contributed by atoms with Crippen LogP contribution in [0.2, 0.25) is 0 Å². The fourth-order valence-electron chi connectivity index (χ4n) is 0.304. The molecule has 0 saturated carbocycles. The Kier molecular flexibility index (Phi) is 4.84. The summed E-state index contributed by atoms with van der Waals surface area (Å²) in [6.07, 6.45) is -4.82. The van der Waals surface area contributed by atoms with Crippen molar-refractivity contribution in [2.24, 2.45) is 0 Å². The van der Waals surface area contributed by atoms with Crippen LogP contribution in [0.1, 0.15) is 0 Å². The van der Waals surface area contributed by atoms with Gasteiger partial charge in [-0.15, -0.1) is 0 Å². The van der Waals surface area contributed by atoms with Gasteiger partial charge >= 0.3 is 12.1 Å². The molecule has 0 aliphatic rings. The van der Waals surface area contributed by atoms with E-state index in [4.69, 9.17) is 0 Å². The van der Waals surface area contributed by atoms with Crippen molar-refractivity contribution in [2.75, 3.05) is 6.54 Å². The van der Waals surface area contributed by atoms with Crippen LogP contribution in [-0.2, 0) is 4.79 Å². The fourth-order valence-corrected chi connectivity index (χ4v) is 0.606. The molecule has 0 aliphatic heterocycles. The predicted molar refractivity (Wildman–Crippen MR) is 45.0 cm³/mol. The first kappa shape index (κ1) is 12.0. The van der Waals surface area contributed by atoms with E-state index in [0.717, 1.165) is 0 Å². The molecule has 7 heteroatoms. The lowest BCUT2D eigenvalue weighted by Gasteiger charge is -2.06. The summed E-state index contributed by atoms with van der Waals surface area (Å²) in [7, 11) is 0. The quantitative estimate of drug-likeness (QED) is 0.833. The zero-order valence-corrected chi connectivity index (χ0v) is 8.75. The molecule has 0 radical (unpaired) electrons. The molecule has 0 rings (SSSR count). The molecule has 1 amide bonds. The highest BCUT2D eigenvalue weighted by molar-refractivity contribution is 9.14. The van der Waals surface area contributed by atoms with Gasteiger partial charge in [-0.25, -0.2) is 0 Å². The zero-order valence-electron chi connectivity index (χ0n) is 5.58. The van der Waals surface area contributed by atoms with Crippen molar-refractivity contribution in [3.05, 3.63) is 9.47 Å². The fraction of sp³-hybridized carbons (Fsp3) is 0.400. The average Bonchev–Trinajstić information content (AvgIpc) is 1.97. The number of halogens is 5. The maximum atomic E-state index is 11.5. The normalized spacial score (nSPS) is 12.9. The van der Waals surface area contributed by atoms with Crippen LogP contribution >= 0.6 is 31.9 Å². The third-order valence-corrected chi connectivity index (χ3v) is 2.47. The number of rotatable bonds is 2. The highest BCUT2D eigenvalue weighted by Crippen LogP contribution is 2.14. The van der Waals surface area contributed by atoms with Crippen LogP contribution in [-0.4, -0.2) is 18.6 Å². The van der Waals surface area contributed by atoms with Gasteiger partial charge in [0.2, 0.25) is 0 Å². The summed E-state index contributed by atoms with van der Waals surface area (Å²) in [5, 5.41) is 1.66. The van der Waals surface area contributed by atoms with Crippen LogP contribution in [0.3, 0.4) is 0 Å².